The van der Waals surface area contributed by atoms with Crippen LogP contribution in [-0.4, -0.2) is 5.11 Å². The first kappa shape index (κ1) is 12.5. The number of hydrogen-bond donors (Lipinski definition) is 1. The molecule has 0 heterocycles. The van der Waals surface area contributed by atoms with Gasteiger partial charge in [-0.05, 0) is 12.0 Å². The van der Waals surface area contributed by atoms with Crippen molar-refractivity contribution in [3.8, 4) is 5.75 Å². The Morgan fingerprint density at radius 1 is 1.29 bits per heavy atom. The highest BCUT2D eigenvalue weighted by Crippen LogP contribution is 2.23. The highest BCUT2D eigenvalue weighted by atomic mass is 16.3. The number of allylic oxidation sites excluding steroid dienone is 1. The topological polar surface area (TPSA) is 20.2 Å². The van der Waals surface area contributed by atoms with E-state index in [-0.39, 0.29) is 0 Å². The van der Waals surface area contributed by atoms with E-state index in [0.717, 1.165) is 11.1 Å². The molecule has 1 rings (SSSR count). The van der Waals surface area contributed by atoms with Crippen LogP contribution in [0.15, 0.2) is 37.4 Å². The summed E-state index contributed by atoms with van der Waals surface area (Å²) in [4.78, 5) is 0. The van der Waals surface area contributed by atoms with Crippen molar-refractivity contribution in [2.75, 3.05) is 0 Å². The largest absolute Gasteiger partial charge is 0.507 e. The minimum Gasteiger partial charge on any atom is -0.507 e. The van der Waals surface area contributed by atoms with Gasteiger partial charge in [0, 0.05) is 5.56 Å². The summed E-state index contributed by atoms with van der Waals surface area (Å²) >= 11 is 0. The normalized spacial score (nSPS) is 8.43. The second-order valence-electron chi connectivity index (χ2n) is 2.55. The quantitative estimate of drug-likeness (QED) is 0.719. The lowest BCUT2D eigenvalue weighted by molar-refractivity contribution is 0.468. The summed E-state index contributed by atoms with van der Waals surface area (Å²) in [6.45, 7) is 11.2. The Balaban J connectivity index is 0.000000791. The molecule has 0 aliphatic carbocycles. The highest BCUT2D eigenvalue weighted by molar-refractivity contribution is 5.58. The van der Waals surface area contributed by atoms with Gasteiger partial charge in [0.05, 0.1) is 0 Å². The molecule has 0 unspecified atom stereocenters. The van der Waals surface area contributed by atoms with E-state index >= 15 is 0 Å². The molecule has 1 aromatic carbocycles. The van der Waals surface area contributed by atoms with Crippen LogP contribution >= 0.6 is 0 Å². The van der Waals surface area contributed by atoms with E-state index in [0.29, 0.717) is 12.2 Å². The van der Waals surface area contributed by atoms with E-state index in [9.17, 15) is 5.11 Å². The van der Waals surface area contributed by atoms with Gasteiger partial charge < -0.3 is 5.11 Å². The van der Waals surface area contributed by atoms with Crippen molar-refractivity contribution >= 4 is 6.08 Å². The summed E-state index contributed by atoms with van der Waals surface area (Å²) in [5.74, 6) is 0.312. The van der Waals surface area contributed by atoms with Gasteiger partial charge in [-0.2, -0.15) is 0 Å². The average molecular weight is 190 g/mol. The molecule has 0 amide bonds. The molecule has 0 saturated heterocycles. The van der Waals surface area contributed by atoms with Crippen LogP contribution in [0.1, 0.15) is 25.0 Å². The van der Waals surface area contributed by atoms with Gasteiger partial charge in [-0.15, -0.1) is 6.58 Å². The van der Waals surface area contributed by atoms with Crippen LogP contribution in [0.2, 0.25) is 0 Å². The number of para-hydroxylation sites is 1. The molecule has 1 N–H and O–H groups in total. The fraction of sp³-hybridized carbons (Fsp3) is 0.231. The SMILES string of the molecule is C=CCc1cccc(C=C)c1O.CC. The highest BCUT2D eigenvalue weighted by Gasteiger charge is 2.01. The number of phenols is 1. The maximum Gasteiger partial charge on any atom is 0.126 e. The van der Waals surface area contributed by atoms with Gasteiger partial charge in [-0.1, -0.05) is 50.8 Å². The Hall–Kier alpha value is -1.50. The summed E-state index contributed by atoms with van der Waals surface area (Å²) in [6.07, 6.45) is 4.09. The zero-order valence-electron chi connectivity index (χ0n) is 8.96. The van der Waals surface area contributed by atoms with Crippen LogP contribution in [0.3, 0.4) is 0 Å². The zero-order chi connectivity index (χ0) is 11.0. The maximum absolute atomic E-state index is 9.60. The van der Waals surface area contributed by atoms with E-state index in [2.05, 4.69) is 13.2 Å². The van der Waals surface area contributed by atoms with Gasteiger partial charge in [0.15, 0.2) is 0 Å². The molecule has 0 aromatic heterocycles. The molecule has 0 fully saturated rings. The van der Waals surface area contributed by atoms with Crippen molar-refractivity contribution in [3.05, 3.63) is 48.6 Å². The molecule has 76 valence electrons. The van der Waals surface area contributed by atoms with Crippen molar-refractivity contribution in [1.82, 2.24) is 0 Å². The van der Waals surface area contributed by atoms with Crippen LogP contribution in [-0.2, 0) is 6.42 Å². The van der Waals surface area contributed by atoms with E-state index < -0.39 is 0 Å². The average Bonchev–Trinajstić information content (AvgIpc) is 2.24. The van der Waals surface area contributed by atoms with Crippen LogP contribution in [0.4, 0.5) is 0 Å². The van der Waals surface area contributed by atoms with Crippen LogP contribution < -0.4 is 0 Å². The Bertz CT molecular complexity index is 300. The number of aromatic hydroxyl groups is 1. The first-order valence-electron chi connectivity index (χ1n) is 4.83. The molecule has 0 spiro atoms. The van der Waals surface area contributed by atoms with Crippen molar-refractivity contribution < 1.29 is 5.11 Å². The van der Waals surface area contributed by atoms with Crippen molar-refractivity contribution in [1.29, 1.82) is 0 Å². The molecule has 14 heavy (non-hydrogen) atoms. The van der Waals surface area contributed by atoms with Crippen LogP contribution in [0.5, 0.6) is 5.75 Å². The molecule has 0 aliphatic rings. The molecule has 1 heteroatoms. The third-order valence-electron chi connectivity index (χ3n) is 1.73. The van der Waals surface area contributed by atoms with Gasteiger partial charge in [-0.3, -0.25) is 0 Å². The van der Waals surface area contributed by atoms with Crippen LogP contribution in [0.25, 0.3) is 6.08 Å². The summed E-state index contributed by atoms with van der Waals surface area (Å²) in [6, 6.07) is 5.61. The van der Waals surface area contributed by atoms with Crippen LogP contribution in [0, 0.1) is 0 Å². The second kappa shape index (κ2) is 6.96. The summed E-state index contributed by atoms with van der Waals surface area (Å²) in [5.41, 5.74) is 1.66. The molecule has 0 aliphatic heterocycles. The molecular formula is C13H18O. The van der Waals surface area contributed by atoms with E-state index in [1.165, 1.54) is 0 Å². The second-order valence-corrected chi connectivity index (χ2v) is 2.55. The Kier molecular flexibility index (Phi) is 6.21. The van der Waals surface area contributed by atoms with E-state index in [1.807, 2.05) is 32.0 Å². The molecule has 0 radical (unpaired) electrons. The van der Waals surface area contributed by atoms with Gasteiger partial charge in [-0.25, -0.2) is 0 Å². The lowest BCUT2D eigenvalue weighted by atomic mass is 10.1. The fourth-order valence-electron chi connectivity index (χ4n) is 1.10. The van der Waals surface area contributed by atoms with E-state index in [1.54, 1.807) is 12.2 Å². The standard InChI is InChI=1S/C11H12O.C2H6/c1-3-6-10-8-5-7-9(4-2)11(10)12;1-2/h3-5,7-8,12H,1-2,6H2;1-2H3. The summed E-state index contributed by atoms with van der Waals surface area (Å²) < 4.78 is 0. The van der Waals surface area contributed by atoms with E-state index in [4.69, 9.17) is 0 Å². The fourth-order valence-corrected chi connectivity index (χ4v) is 1.10. The molecule has 0 bridgehead atoms. The summed E-state index contributed by atoms with van der Waals surface area (Å²) in [7, 11) is 0. The smallest absolute Gasteiger partial charge is 0.126 e. The molecule has 0 saturated carbocycles. The van der Waals surface area contributed by atoms with Crippen molar-refractivity contribution in [2.45, 2.75) is 20.3 Å². The summed E-state index contributed by atoms with van der Waals surface area (Å²) in [5, 5.41) is 9.60. The molecule has 1 aromatic rings. The first-order valence-corrected chi connectivity index (χ1v) is 4.83. The third kappa shape index (κ3) is 3.09. The van der Waals surface area contributed by atoms with Crippen molar-refractivity contribution in [3.63, 3.8) is 0 Å². The first-order chi connectivity index (χ1) is 6.79. The Morgan fingerprint density at radius 3 is 2.43 bits per heavy atom. The van der Waals surface area contributed by atoms with Gasteiger partial charge in [0.1, 0.15) is 5.75 Å². The number of hydrogen-bond acceptors (Lipinski definition) is 1. The third-order valence-corrected chi connectivity index (χ3v) is 1.73. The minimum absolute atomic E-state index is 0.312. The molecule has 1 nitrogen and oxygen atoms in total. The minimum atomic E-state index is 0.312. The zero-order valence-corrected chi connectivity index (χ0v) is 8.96. The Labute approximate surface area is 86.4 Å². The van der Waals surface area contributed by atoms with Gasteiger partial charge in [0.2, 0.25) is 0 Å². The Morgan fingerprint density at radius 2 is 1.93 bits per heavy atom. The maximum atomic E-state index is 9.60. The lowest BCUT2D eigenvalue weighted by Crippen LogP contribution is -1.84. The number of phenolic OH excluding ortho intramolecular Hbond substituents is 1. The van der Waals surface area contributed by atoms with Crippen molar-refractivity contribution in [2.24, 2.45) is 0 Å². The van der Waals surface area contributed by atoms with Gasteiger partial charge in [0.25, 0.3) is 0 Å². The predicted octanol–water partition coefficient (Wildman–Crippen LogP) is 3.79. The monoisotopic (exact) mass is 190 g/mol. The lowest BCUT2D eigenvalue weighted by Gasteiger charge is -2.03. The van der Waals surface area contributed by atoms with Gasteiger partial charge >= 0.3 is 0 Å². The molecular weight excluding hydrogens is 172 g/mol. The number of benzene rings is 1. The number of rotatable bonds is 3. The predicted molar refractivity (Wildman–Crippen MR) is 63.4 cm³/mol. The molecule has 0 atom stereocenters.